The van der Waals surface area contributed by atoms with Crippen LogP contribution in [0.5, 0.6) is 0 Å². The molecule has 1 aromatic carbocycles. The lowest BCUT2D eigenvalue weighted by Gasteiger charge is -2.21. The second kappa shape index (κ2) is 8.84. The van der Waals surface area contributed by atoms with Crippen molar-refractivity contribution in [1.29, 1.82) is 0 Å². The molecule has 2 aromatic rings. The molecule has 4 nitrogen and oxygen atoms in total. The van der Waals surface area contributed by atoms with Crippen LogP contribution in [0.4, 0.5) is 18.9 Å². The summed E-state index contributed by atoms with van der Waals surface area (Å²) in [6.07, 6.45) is -3.74. The van der Waals surface area contributed by atoms with Gasteiger partial charge in [-0.05, 0) is 36.9 Å². The third-order valence-electron chi connectivity index (χ3n) is 3.74. The zero-order valence-corrected chi connectivity index (χ0v) is 15.0. The normalized spacial score (nSPS) is 11.2. The summed E-state index contributed by atoms with van der Waals surface area (Å²) < 4.78 is 38.9. The van der Waals surface area contributed by atoms with Crippen molar-refractivity contribution < 1.29 is 22.8 Å². The Kier molecular flexibility index (Phi) is 6.79. The second-order valence-electron chi connectivity index (χ2n) is 5.58. The van der Waals surface area contributed by atoms with Crippen LogP contribution in [-0.4, -0.2) is 29.8 Å². The third kappa shape index (κ3) is 5.59. The molecule has 0 fully saturated rings. The molecule has 0 bridgehead atoms. The number of halogens is 3. The number of hydrogen-bond acceptors (Lipinski definition) is 3. The second-order valence-corrected chi connectivity index (χ2v) is 6.61. The topological polar surface area (TPSA) is 49.4 Å². The Morgan fingerprint density at radius 2 is 1.88 bits per heavy atom. The molecule has 0 unspecified atom stereocenters. The van der Waals surface area contributed by atoms with Crippen LogP contribution < -0.4 is 5.32 Å². The summed E-state index contributed by atoms with van der Waals surface area (Å²) in [6.45, 7) is 1.74. The fraction of sp³-hybridized carbons (Fsp3) is 0.333. The molecular weight excluding hydrogens is 365 g/mol. The van der Waals surface area contributed by atoms with E-state index < -0.39 is 17.6 Å². The molecule has 2 amide bonds. The highest BCUT2D eigenvalue weighted by Gasteiger charge is 2.33. The number of nitrogens with zero attached hydrogens (tertiary/aromatic N) is 1. The van der Waals surface area contributed by atoms with Crippen molar-refractivity contribution in [3.8, 4) is 0 Å². The zero-order valence-electron chi connectivity index (χ0n) is 14.2. The molecule has 0 aliphatic rings. The molecule has 0 atom stereocenters. The van der Waals surface area contributed by atoms with Crippen LogP contribution in [0.3, 0.4) is 0 Å². The SMILES string of the molecule is CCN(CC(=O)Nc1ccccc1C(F)(F)F)C(=O)CCc1cccs1. The zero-order chi connectivity index (χ0) is 19.2. The van der Waals surface area contributed by atoms with Gasteiger partial charge in [-0.3, -0.25) is 9.59 Å². The van der Waals surface area contributed by atoms with E-state index in [0.29, 0.717) is 13.0 Å². The van der Waals surface area contributed by atoms with Gasteiger partial charge in [0, 0.05) is 17.8 Å². The fourth-order valence-electron chi connectivity index (χ4n) is 2.42. The monoisotopic (exact) mass is 384 g/mol. The van der Waals surface area contributed by atoms with Crippen molar-refractivity contribution in [1.82, 2.24) is 4.90 Å². The molecule has 0 saturated carbocycles. The maximum atomic E-state index is 13.0. The Hall–Kier alpha value is -2.35. The van der Waals surface area contributed by atoms with Gasteiger partial charge < -0.3 is 10.2 Å². The van der Waals surface area contributed by atoms with Crippen LogP contribution in [-0.2, 0) is 22.2 Å². The van der Waals surface area contributed by atoms with Crippen molar-refractivity contribution in [3.63, 3.8) is 0 Å². The van der Waals surface area contributed by atoms with E-state index in [1.54, 1.807) is 18.3 Å². The first-order chi connectivity index (χ1) is 12.3. The molecule has 8 heteroatoms. The molecule has 1 heterocycles. The minimum atomic E-state index is -4.56. The van der Waals surface area contributed by atoms with Crippen LogP contribution in [0, 0.1) is 0 Å². The summed E-state index contributed by atoms with van der Waals surface area (Å²) in [5.41, 5.74) is -1.23. The quantitative estimate of drug-likeness (QED) is 0.778. The smallest absolute Gasteiger partial charge is 0.334 e. The van der Waals surface area contributed by atoms with Gasteiger partial charge in [0.1, 0.15) is 0 Å². The average Bonchev–Trinajstić information content (AvgIpc) is 3.10. The number of hydrogen-bond donors (Lipinski definition) is 1. The van der Waals surface area contributed by atoms with E-state index in [1.165, 1.54) is 23.1 Å². The van der Waals surface area contributed by atoms with E-state index in [1.807, 2.05) is 17.5 Å². The van der Waals surface area contributed by atoms with Gasteiger partial charge in [0.25, 0.3) is 0 Å². The summed E-state index contributed by atoms with van der Waals surface area (Å²) in [4.78, 5) is 26.8. The summed E-state index contributed by atoms with van der Waals surface area (Å²) in [5.74, 6) is -0.867. The van der Waals surface area contributed by atoms with Gasteiger partial charge in [-0.1, -0.05) is 18.2 Å². The highest BCUT2D eigenvalue weighted by atomic mass is 32.1. The Balaban J connectivity index is 1.96. The van der Waals surface area contributed by atoms with Gasteiger partial charge in [-0.2, -0.15) is 13.2 Å². The van der Waals surface area contributed by atoms with E-state index in [4.69, 9.17) is 0 Å². The number of likely N-dealkylation sites (N-methyl/N-ethyl adjacent to an activating group) is 1. The number of carbonyl (C=O) groups excluding carboxylic acids is 2. The van der Waals surface area contributed by atoms with Gasteiger partial charge in [0.15, 0.2) is 0 Å². The number of benzene rings is 1. The molecular formula is C18H19F3N2O2S. The molecule has 26 heavy (non-hydrogen) atoms. The van der Waals surface area contributed by atoms with Crippen molar-refractivity contribution in [2.45, 2.75) is 25.9 Å². The summed E-state index contributed by atoms with van der Waals surface area (Å²) >= 11 is 1.55. The number of nitrogens with one attached hydrogen (secondary N) is 1. The Bertz CT molecular complexity index is 745. The number of alkyl halides is 3. The number of thiophene rings is 1. The van der Waals surface area contributed by atoms with Gasteiger partial charge in [0.2, 0.25) is 11.8 Å². The maximum Gasteiger partial charge on any atom is 0.418 e. The number of anilines is 1. The van der Waals surface area contributed by atoms with Crippen LogP contribution in [0.1, 0.15) is 23.8 Å². The lowest BCUT2D eigenvalue weighted by molar-refractivity contribution is -0.137. The largest absolute Gasteiger partial charge is 0.418 e. The standard InChI is InChI=1S/C18H19F3N2O2S/c1-2-23(17(25)10-9-13-6-5-11-26-13)12-16(24)22-15-8-4-3-7-14(15)18(19,20)21/h3-8,11H,2,9-10,12H2,1H3,(H,22,24). The number of para-hydroxylation sites is 1. The van der Waals surface area contributed by atoms with Crippen LogP contribution >= 0.6 is 11.3 Å². The van der Waals surface area contributed by atoms with Crippen molar-refractivity contribution in [2.24, 2.45) is 0 Å². The molecule has 1 aromatic heterocycles. The Labute approximate surface area is 153 Å². The van der Waals surface area contributed by atoms with Gasteiger partial charge in [0.05, 0.1) is 17.8 Å². The maximum absolute atomic E-state index is 13.0. The molecule has 140 valence electrons. The lowest BCUT2D eigenvalue weighted by Crippen LogP contribution is -2.38. The first-order valence-corrected chi connectivity index (χ1v) is 8.95. The highest BCUT2D eigenvalue weighted by molar-refractivity contribution is 7.09. The van der Waals surface area contributed by atoms with E-state index in [2.05, 4.69) is 5.32 Å². The molecule has 0 saturated heterocycles. The predicted molar refractivity (Wildman–Crippen MR) is 95.0 cm³/mol. The number of rotatable bonds is 7. The summed E-state index contributed by atoms with van der Waals surface area (Å²) in [6, 6.07) is 8.58. The molecule has 1 N–H and O–H groups in total. The molecule has 2 rings (SSSR count). The summed E-state index contributed by atoms with van der Waals surface area (Å²) in [5, 5.41) is 4.18. The number of aryl methyl sites for hydroxylation is 1. The Morgan fingerprint density at radius 1 is 1.15 bits per heavy atom. The van der Waals surface area contributed by atoms with Crippen LogP contribution in [0.2, 0.25) is 0 Å². The third-order valence-corrected chi connectivity index (χ3v) is 4.68. The van der Waals surface area contributed by atoms with Crippen molar-refractivity contribution in [3.05, 3.63) is 52.2 Å². The van der Waals surface area contributed by atoms with Crippen molar-refractivity contribution >= 4 is 28.8 Å². The van der Waals surface area contributed by atoms with E-state index in [0.717, 1.165) is 10.9 Å². The summed E-state index contributed by atoms with van der Waals surface area (Å²) in [7, 11) is 0. The molecule has 0 aliphatic carbocycles. The van der Waals surface area contributed by atoms with E-state index >= 15 is 0 Å². The Morgan fingerprint density at radius 3 is 2.50 bits per heavy atom. The van der Waals surface area contributed by atoms with Crippen molar-refractivity contribution in [2.75, 3.05) is 18.4 Å². The molecule has 0 spiro atoms. The number of amides is 2. The minimum absolute atomic E-state index is 0.208. The van der Waals surface area contributed by atoms with E-state index in [9.17, 15) is 22.8 Å². The predicted octanol–water partition coefficient (Wildman–Crippen LogP) is 4.19. The molecule has 0 radical (unpaired) electrons. The number of carbonyl (C=O) groups is 2. The highest BCUT2D eigenvalue weighted by Crippen LogP contribution is 2.34. The molecule has 0 aliphatic heterocycles. The van der Waals surface area contributed by atoms with Crippen LogP contribution in [0.25, 0.3) is 0 Å². The van der Waals surface area contributed by atoms with Crippen LogP contribution in [0.15, 0.2) is 41.8 Å². The lowest BCUT2D eigenvalue weighted by atomic mass is 10.1. The minimum Gasteiger partial charge on any atom is -0.334 e. The fourth-order valence-corrected chi connectivity index (χ4v) is 3.13. The first-order valence-electron chi connectivity index (χ1n) is 8.07. The van der Waals surface area contributed by atoms with Gasteiger partial charge in [-0.25, -0.2) is 0 Å². The first kappa shape index (κ1) is 20.0. The van der Waals surface area contributed by atoms with Gasteiger partial charge in [-0.15, -0.1) is 11.3 Å². The average molecular weight is 384 g/mol. The van der Waals surface area contributed by atoms with E-state index in [-0.39, 0.29) is 24.6 Å². The van der Waals surface area contributed by atoms with Gasteiger partial charge >= 0.3 is 6.18 Å².